The number of H-pyrrole nitrogens is 1. The van der Waals surface area contributed by atoms with E-state index >= 15 is 0 Å². The Morgan fingerprint density at radius 2 is 1.96 bits per heavy atom. The average molecular weight is 322 g/mol. The molecule has 3 aromatic rings. The maximum absolute atomic E-state index is 13.0. The molecule has 3 rings (SSSR count). The minimum Gasteiger partial charge on any atom is -0.360 e. The third-order valence-electron chi connectivity index (χ3n) is 3.79. The van der Waals surface area contributed by atoms with Crippen molar-refractivity contribution in [2.24, 2.45) is 0 Å². The molecule has 124 valence electrons. The minimum atomic E-state index is -0.136. The molecule has 2 aromatic carbocycles. The van der Waals surface area contributed by atoms with Crippen molar-refractivity contribution in [2.45, 2.75) is 33.4 Å². The number of para-hydroxylation sites is 1. The smallest absolute Gasteiger partial charge is 0.279 e. The number of nitrogens with zero attached hydrogens (tertiary/aromatic N) is 1. The van der Waals surface area contributed by atoms with E-state index in [2.05, 4.69) is 11.1 Å². The molecule has 1 N–H and O–H groups in total. The van der Waals surface area contributed by atoms with Crippen LogP contribution in [0, 0.1) is 6.92 Å². The largest absolute Gasteiger partial charge is 0.360 e. The highest BCUT2D eigenvalue weighted by atomic mass is 16.7. The van der Waals surface area contributed by atoms with Crippen molar-refractivity contribution in [3.8, 4) is 0 Å². The van der Waals surface area contributed by atoms with Gasteiger partial charge in [-0.2, -0.15) is 0 Å². The summed E-state index contributed by atoms with van der Waals surface area (Å²) in [7, 11) is 0. The second-order valence-corrected chi connectivity index (χ2v) is 6.23. The number of amides is 1. The van der Waals surface area contributed by atoms with Crippen LogP contribution in [0.4, 0.5) is 0 Å². The number of carbonyl (C=O) groups is 1. The molecule has 0 radical (unpaired) electrons. The summed E-state index contributed by atoms with van der Waals surface area (Å²) >= 11 is 0. The number of aromatic nitrogens is 1. The lowest BCUT2D eigenvalue weighted by Crippen LogP contribution is -2.33. The number of hydrogen-bond donors (Lipinski definition) is 1. The Kier molecular flexibility index (Phi) is 4.67. The van der Waals surface area contributed by atoms with Gasteiger partial charge < -0.3 is 4.98 Å². The Bertz CT molecular complexity index is 851. The maximum Gasteiger partial charge on any atom is 0.279 e. The number of nitrogens with one attached hydrogen (secondary N) is 1. The molecule has 0 aliphatic heterocycles. The Hall–Kier alpha value is -2.59. The monoisotopic (exact) mass is 322 g/mol. The van der Waals surface area contributed by atoms with Crippen molar-refractivity contribution < 1.29 is 9.63 Å². The van der Waals surface area contributed by atoms with Crippen LogP contribution in [0.1, 0.15) is 35.3 Å². The first-order chi connectivity index (χ1) is 11.5. The molecule has 0 unspecified atom stereocenters. The molecule has 0 saturated heterocycles. The topological polar surface area (TPSA) is 45.3 Å². The number of fused-ring (bicyclic) bond motifs is 1. The van der Waals surface area contributed by atoms with E-state index in [0.29, 0.717) is 12.1 Å². The van der Waals surface area contributed by atoms with Gasteiger partial charge in [0.2, 0.25) is 0 Å². The molecule has 4 nitrogen and oxygen atoms in total. The number of carbonyl (C=O) groups excluding carboxylic acids is 1. The molecule has 0 aliphatic rings. The molecule has 1 heterocycles. The van der Waals surface area contributed by atoms with Gasteiger partial charge in [-0.15, -0.1) is 0 Å². The first kappa shape index (κ1) is 16.3. The maximum atomic E-state index is 13.0. The van der Waals surface area contributed by atoms with Gasteiger partial charge in [0, 0.05) is 17.1 Å². The van der Waals surface area contributed by atoms with Crippen LogP contribution < -0.4 is 0 Å². The van der Waals surface area contributed by atoms with Crippen molar-refractivity contribution in [3.05, 3.63) is 71.4 Å². The summed E-state index contributed by atoms with van der Waals surface area (Å²) in [6.07, 6.45) is 1.67. The van der Waals surface area contributed by atoms with Gasteiger partial charge in [-0.1, -0.05) is 48.0 Å². The molecule has 0 aliphatic carbocycles. The number of hydroxylamine groups is 2. The fourth-order valence-electron chi connectivity index (χ4n) is 2.77. The van der Waals surface area contributed by atoms with Crippen LogP contribution in [0.25, 0.3) is 10.9 Å². The summed E-state index contributed by atoms with van der Waals surface area (Å²) in [5.74, 6) is -0.136. The van der Waals surface area contributed by atoms with E-state index in [1.165, 1.54) is 5.06 Å². The van der Waals surface area contributed by atoms with Crippen LogP contribution in [-0.4, -0.2) is 22.1 Å². The summed E-state index contributed by atoms with van der Waals surface area (Å²) in [5.41, 5.74) is 3.78. The van der Waals surface area contributed by atoms with Crippen LogP contribution in [0.3, 0.4) is 0 Å². The SMILES string of the molecule is Cc1cccc(CN(OC(C)C)C(=O)c2c[nH]c3ccccc23)c1. The summed E-state index contributed by atoms with van der Waals surface area (Å²) in [6.45, 7) is 6.30. The number of rotatable bonds is 5. The van der Waals surface area contributed by atoms with Crippen molar-refractivity contribution in [2.75, 3.05) is 0 Å². The molecular formula is C20H22N2O2. The number of aryl methyl sites for hydroxylation is 1. The van der Waals surface area contributed by atoms with Crippen LogP contribution in [0.2, 0.25) is 0 Å². The number of benzene rings is 2. The van der Waals surface area contributed by atoms with Gasteiger partial charge in [-0.3, -0.25) is 9.63 Å². The second kappa shape index (κ2) is 6.89. The summed E-state index contributed by atoms with van der Waals surface area (Å²) in [5, 5.41) is 2.36. The van der Waals surface area contributed by atoms with Gasteiger partial charge in [0.25, 0.3) is 5.91 Å². The van der Waals surface area contributed by atoms with Crippen LogP contribution in [0.5, 0.6) is 0 Å². The minimum absolute atomic E-state index is 0.0797. The van der Waals surface area contributed by atoms with E-state index in [-0.39, 0.29) is 12.0 Å². The molecular weight excluding hydrogens is 300 g/mol. The molecule has 0 saturated carbocycles. The van der Waals surface area contributed by atoms with Crippen molar-refractivity contribution in [1.29, 1.82) is 0 Å². The fraction of sp³-hybridized carbons (Fsp3) is 0.250. The van der Waals surface area contributed by atoms with E-state index in [9.17, 15) is 4.79 Å². The van der Waals surface area contributed by atoms with Gasteiger partial charge >= 0.3 is 0 Å². The predicted molar refractivity (Wildman–Crippen MR) is 95.6 cm³/mol. The van der Waals surface area contributed by atoms with Gasteiger partial charge in [-0.25, -0.2) is 5.06 Å². The number of aromatic amines is 1. The normalized spacial score (nSPS) is 11.2. The van der Waals surface area contributed by atoms with Crippen LogP contribution >= 0.6 is 0 Å². The van der Waals surface area contributed by atoms with Crippen molar-refractivity contribution >= 4 is 16.8 Å². The standard InChI is InChI=1S/C20H22N2O2/c1-14(2)24-22(13-16-8-6-7-15(3)11-16)20(23)18-12-21-19-10-5-4-9-17(18)19/h4-12,14,21H,13H2,1-3H3. The van der Waals surface area contributed by atoms with E-state index in [1.807, 2.05) is 63.2 Å². The Morgan fingerprint density at radius 3 is 2.71 bits per heavy atom. The van der Waals surface area contributed by atoms with Gasteiger partial charge in [0.15, 0.2) is 0 Å². The van der Waals surface area contributed by atoms with E-state index in [0.717, 1.165) is 22.0 Å². The third kappa shape index (κ3) is 3.49. The predicted octanol–water partition coefficient (Wildman–Crippen LogP) is 4.46. The van der Waals surface area contributed by atoms with Crippen LogP contribution in [-0.2, 0) is 11.4 Å². The molecule has 0 fully saturated rings. The summed E-state index contributed by atoms with van der Waals surface area (Å²) in [6, 6.07) is 15.9. The Morgan fingerprint density at radius 1 is 1.17 bits per heavy atom. The highest BCUT2D eigenvalue weighted by molar-refractivity contribution is 6.06. The van der Waals surface area contributed by atoms with Gasteiger partial charge in [-0.05, 0) is 32.4 Å². The quantitative estimate of drug-likeness (QED) is 0.705. The lowest BCUT2D eigenvalue weighted by molar-refractivity contribution is -0.158. The van der Waals surface area contributed by atoms with E-state index < -0.39 is 0 Å². The molecule has 0 bridgehead atoms. The zero-order valence-corrected chi connectivity index (χ0v) is 14.2. The lowest BCUT2D eigenvalue weighted by atomic mass is 10.1. The molecule has 24 heavy (non-hydrogen) atoms. The first-order valence-electron chi connectivity index (χ1n) is 8.15. The zero-order valence-electron chi connectivity index (χ0n) is 14.2. The fourth-order valence-corrected chi connectivity index (χ4v) is 2.77. The van der Waals surface area contributed by atoms with E-state index in [4.69, 9.17) is 4.84 Å². The average Bonchev–Trinajstić information content (AvgIpc) is 2.97. The second-order valence-electron chi connectivity index (χ2n) is 6.23. The van der Waals surface area contributed by atoms with E-state index in [1.54, 1.807) is 6.20 Å². The van der Waals surface area contributed by atoms with Gasteiger partial charge in [0.05, 0.1) is 18.2 Å². The molecule has 0 spiro atoms. The Labute approximate surface area is 142 Å². The lowest BCUT2D eigenvalue weighted by Gasteiger charge is -2.24. The molecule has 1 amide bonds. The first-order valence-corrected chi connectivity index (χ1v) is 8.15. The van der Waals surface area contributed by atoms with Gasteiger partial charge in [0.1, 0.15) is 0 Å². The summed E-state index contributed by atoms with van der Waals surface area (Å²) < 4.78 is 0. The van der Waals surface area contributed by atoms with Crippen molar-refractivity contribution in [3.63, 3.8) is 0 Å². The van der Waals surface area contributed by atoms with Crippen molar-refractivity contribution in [1.82, 2.24) is 10.0 Å². The summed E-state index contributed by atoms with van der Waals surface area (Å²) in [4.78, 5) is 22.0. The molecule has 1 aromatic heterocycles. The molecule has 0 atom stereocenters. The van der Waals surface area contributed by atoms with Crippen LogP contribution in [0.15, 0.2) is 54.7 Å². The highest BCUT2D eigenvalue weighted by Gasteiger charge is 2.21. The number of hydrogen-bond acceptors (Lipinski definition) is 2. The molecule has 4 heteroatoms. The highest BCUT2D eigenvalue weighted by Crippen LogP contribution is 2.21. The Balaban J connectivity index is 1.91. The zero-order chi connectivity index (χ0) is 17.1. The third-order valence-corrected chi connectivity index (χ3v) is 3.79.